The number of hydrogen-bond acceptors (Lipinski definition) is 5. The Morgan fingerprint density at radius 2 is 0.597 bits per heavy atom. The van der Waals surface area contributed by atoms with Gasteiger partial charge in [-0.3, -0.25) is 9.59 Å². The molecule has 0 aromatic rings. The second-order valence-electron chi connectivity index (χ2n) is 21.8. The van der Waals surface area contributed by atoms with Crippen molar-refractivity contribution in [2.24, 2.45) is 0 Å². The Bertz CT molecular complexity index is 1190. The summed E-state index contributed by atoms with van der Waals surface area (Å²) in [5.41, 5.74) is 0. The summed E-state index contributed by atoms with van der Waals surface area (Å²) >= 11 is 0. The van der Waals surface area contributed by atoms with Crippen LogP contribution in [-0.4, -0.2) is 36.4 Å². The highest BCUT2D eigenvalue weighted by Gasteiger charge is 2.16. The van der Waals surface area contributed by atoms with Gasteiger partial charge in [0.2, 0.25) is 0 Å². The number of aliphatic hydroxyl groups is 1. The average Bonchev–Trinajstić information content (AvgIpc) is 3.38. The van der Waals surface area contributed by atoms with Gasteiger partial charge in [-0.2, -0.15) is 0 Å². The van der Waals surface area contributed by atoms with E-state index in [2.05, 4.69) is 62.5 Å². The molecule has 0 rings (SSSR count). The van der Waals surface area contributed by atoms with E-state index in [4.69, 9.17) is 9.47 Å². The predicted molar refractivity (Wildman–Crippen MR) is 316 cm³/mol. The molecule has 0 aliphatic heterocycles. The molecule has 0 saturated heterocycles. The van der Waals surface area contributed by atoms with E-state index in [0.717, 1.165) is 57.8 Å². The SMILES string of the molecule is CC/C=C\C/C=C\C/C=C\C/C=C\CCCCCCCCCCCCCCCCCCCCCCC(=O)OC(CO)COC(=O)CCCCCCCCCCCCCCCCCCCCCCCCCCC. The van der Waals surface area contributed by atoms with Gasteiger partial charge >= 0.3 is 11.9 Å². The van der Waals surface area contributed by atoms with Crippen molar-refractivity contribution in [2.75, 3.05) is 13.2 Å². The van der Waals surface area contributed by atoms with Crippen molar-refractivity contribution in [1.82, 2.24) is 0 Å². The topological polar surface area (TPSA) is 72.8 Å². The van der Waals surface area contributed by atoms with Crippen molar-refractivity contribution in [1.29, 1.82) is 0 Å². The quantitative estimate of drug-likeness (QED) is 0.0373. The molecule has 0 aliphatic rings. The Morgan fingerprint density at radius 1 is 0.333 bits per heavy atom. The number of carbonyl (C=O) groups is 2. The number of esters is 2. The Balaban J connectivity index is 3.40. The van der Waals surface area contributed by atoms with Crippen LogP contribution in [0.3, 0.4) is 0 Å². The molecule has 0 saturated carbocycles. The van der Waals surface area contributed by atoms with Crippen LogP contribution in [0.1, 0.15) is 348 Å². The van der Waals surface area contributed by atoms with Gasteiger partial charge in [-0.15, -0.1) is 0 Å². The largest absolute Gasteiger partial charge is 0.462 e. The Kier molecular flexibility index (Phi) is 61.3. The molecular formula is C67H124O5. The lowest BCUT2D eigenvalue weighted by Crippen LogP contribution is -2.28. The van der Waals surface area contributed by atoms with Crippen LogP contribution < -0.4 is 0 Å². The highest BCUT2D eigenvalue weighted by atomic mass is 16.6. The first-order chi connectivity index (χ1) is 35.6. The number of rotatable bonds is 60. The van der Waals surface area contributed by atoms with Gasteiger partial charge in [0.25, 0.3) is 0 Å². The van der Waals surface area contributed by atoms with E-state index in [1.165, 1.54) is 263 Å². The third kappa shape index (κ3) is 60.4. The molecule has 1 atom stereocenters. The van der Waals surface area contributed by atoms with Crippen molar-refractivity contribution >= 4 is 11.9 Å². The Morgan fingerprint density at radius 3 is 0.903 bits per heavy atom. The van der Waals surface area contributed by atoms with Crippen LogP contribution in [-0.2, 0) is 19.1 Å². The predicted octanol–water partition coefficient (Wildman–Crippen LogP) is 22.0. The molecular weight excluding hydrogens is 885 g/mol. The van der Waals surface area contributed by atoms with E-state index >= 15 is 0 Å². The second-order valence-corrected chi connectivity index (χ2v) is 21.8. The molecule has 0 spiro atoms. The van der Waals surface area contributed by atoms with Gasteiger partial charge in [-0.05, 0) is 51.4 Å². The number of aliphatic hydroxyl groups excluding tert-OH is 1. The van der Waals surface area contributed by atoms with Crippen molar-refractivity contribution in [3.8, 4) is 0 Å². The van der Waals surface area contributed by atoms with Gasteiger partial charge in [0, 0.05) is 12.8 Å². The lowest BCUT2D eigenvalue weighted by Gasteiger charge is -2.15. The normalized spacial score (nSPS) is 12.4. The zero-order valence-electron chi connectivity index (χ0n) is 48.5. The summed E-state index contributed by atoms with van der Waals surface area (Å²) in [6.45, 7) is 4.09. The Labute approximate surface area is 449 Å². The maximum atomic E-state index is 12.3. The number of carbonyl (C=O) groups excluding carboxylic acids is 2. The maximum absolute atomic E-state index is 12.3. The smallest absolute Gasteiger partial charge is 0.306 e. The average molecular weight is 1010 g/mol. The summed E-state index contributed by atoms with van der Waals surface area (Å²) in [7, 11) is 0. The highest BCUT2D eigenvalue weighted by molar-refractivity contribution is 5.70. The van der Waals surface area contributed by atoms with Gasteiger partial charge in [0.15, 0.2) is 6.10 Å². The van der Waals surface area contributed by atoms with Gasteiger partial charge in [-0.25, -0.2) is 0 Å². The fourth-order valence-corrected chi connectivity index (χ4v) is 9.85. The molecule has 0 aliphatic carbocycles. The fourth-order valence-electron chi connectivity index (χ4n) is 9.85. The van der Waals surface area contributed by atoms with Crippen molar-refractivity contribution in [3.05, 3.63) is 48.6 Å². The Hall–Kier alpha value is -2.14. The first kappa shape index (κ1) is 69.9. The van der Waals surface area contributed by atoms with E-state index in [0.29, 0.717) is 12.8 Å². The fraction of sp³-hybridized carbons (Fsp3) is 0.851. The minimum absolute atomic E-state index is 0.0594. The summed E-state index contributed by atoms with van der Waals surface area (Å²) in [6.07, 6.45) is 84.1. The van der Waals surface area contributed by atoms with E-state index in [1.54, 1.807) is 0 Å². The van der Waals surface area contributed by atoms with Crippen LogP contribution in [0, 0.1) is 0 Å². The van der Waals surface area contributed by atoms with E-state index in [1.807, 2.05) is 0 Å². The second kappa shape index (κ2) is 63.2. The van der Waals surface area contributed by atoms with Crippen LogP contribution in [0.2, 0.25) is 0 Å². The van der Waals surface area contributed by atoms with E-state index in [9.17, 15) is 14.7 Å². The zero-order valence-corrected chi connectivity index (χ0v) is 48.5. The van der Waals surface area contributed by atoms with Gasteiger partial charge < -0.3 is 14.6 Å². The molecule has 72 heavy (non-hydrogen) atoms. The first-order valence-electron chi connectivity index (χ1n) is 32.2. The number of allylic oxidation sites excluding steroid dienone is 8. The molecule has 5 nitrogen and oxygen atoms in total. The molecule has 0 heterocycles. The monoisotopic (exact) mass is 1010 g/mol. The standard InChI is InChI=1S/C67H124O5/c1-3-5-7-9-11-13-15-17-19-21-23-25-27-29-30-31-32-33-34-35-36-38-40-42-44-46-48-50-52-54-56-58-60-62-67(70)72-65(63-68)64-71-66(69)61-59-57-55-53-51-49-47-45-43-41-39-37-28-26-24-22-20-18-16-14-12-10-8-6-4-2/h5,7,11,13,17,19,23,25,65,68H,3-4,6,8-10,12,14-16,18,20-22,24,26-64H2,1-2H3/b7-5-,13-11-,19-17-,25-23-. The summed E-state index contributed by atoms with van der Waals surface area (Å²) in [6, 6.07) is 0. The van der Waals surface area contributed by atoms with Crippen LogP contribution in [0.4, 0.5) is 0 Å². The lowest BCUT2D eigenvalue weighted by atomic mass is 10.0. The molecule has 0 aromatic carbocycles. The molecule has 5 heteroatoms. The van der Waals surface area contributed by atoms with Crippen LogP contribution >= 0.6 is 0 Å². The van der Waals surface area contributed by atoms with E-state index in [-0.39, 0.29) is 25.2 Å². The molecule has 0 radical (unpaired) electrons. The minimum atomic E-state index is -0.769. The molecule has 0 aromatic heterocycles. The summed E-state index contributed by atoms with van der Waals surface area (Å²) in [4.78, 5) is 24.6. The van der Waals surface area contributed by atoms with Crippen molar-refractivity contribution < 1.29 is 24.2 Å². The van der Waals surface area contributed by atoms with Crippen molar-refractivity contribution in [2.45, 2.75) is 354 Å². The number of unbranched alkanes of at least 4 members (excludes halogenated alkanes) is 44. The van der Waals surface area contributed by atoms with Gasteiger partial charge in [0.05, 0.1) is 6.61 Å². The number of hydrogen-bond donors (Lipinski definition) is 1. The van der Waals surface area contributed by atoms with Gasteiger partial charge in [-0.1, -0.05) is 332 Å². The molecule has 1 unspecified atom stereocenters. The summed E-state index contributed by atoms with van der Waals surface area (Å²) in [5.74, 6) is -0.568. The first-order valence-corrected chi connectivity index (χ1v) is 32.2. The van der Waals surface area contributed by atoms with Crippen LogP contribution in [0.25, 0.3) is 0 Å². The molecule has 0 bridgehead atoms. The van der Waals surface area contributed by atoms with E-state index < -0.39 is 6.10 Å². The molecule has 1 N–H and O–H groups in total. The minimum Gasteiger partial charge on any atom is -0.462 e. The number of ether oxygens (including phenoxy) is 2. The molecule has 422 valence electrons. The highest BCUT2D eigenvalue weighted by Crippen LogP contribution is 2.18. The third-order valence-electron chi connectivity index (χ3n) is 14.6. The summed E-state index contributed by atoms with van der Waals surface area (Å²) in [5, 5.41) is 9.68. The summed E-state index contributed by atoms with van der Waals surface area (Å²) < 4.78 is 10.7. The van der Waals surface area contributed by atoms with Crippen LogP contribution in [0.15, 0.2) is 48.6 Å². The van der Waals surface area contributed by atoms with Crippen LogP contribution in [0.5, 0.6) is 0 Å². The maximum Gasteiger partial charge on any atom is 0.306 e. The zero-order chi connectivity index (χ0) is 52.0. The lowest BCUT2D eigenvalue weighted by molar-refractivity contribution is -0.161. The van der Waals surface area contributed by atoms with Gasteiger partial charge in [0.1, 0.15) is 6.61 Å². The molecule has 0 fully saturated rings. The van der Waals surface area contributed by atoms with Crippen molar-refractivity contribution in [3.63, 3.8) is 0 Å². The molecule has 0 amide bonds. The third-order valence-corrected chi connectivity index (χ3v) is 14.6.